The van der Waals surface area contributed by atoms with Gasteiger partial charge in [-0.2, -0.15) is 0 Å². The van der Waals surface area contributed by atoms with Crippen LogP contribution in [0.2, 0.25) is 0 Å². The second kappa shape index (κ2) is 7.35. The highest BCUT2D eigenvalue weighted by Crippen LogP contribution is 2.52. The first kappa shape index (κ1) is 18.0. The number of ether oxygens (including phenoxy) is 2. The first-order valence-corrected chi connectivity index (χ1v) is 9.67. The molecule has 6 heteroatoms. The number of benzene rings is 1. The van der Waals surface area contributed by atoms with E-state index in [0.29, 0.717) is 31.7 Å². The molecule has 1 aliphatic carbocycles. The minimum Gasteiger partial charge on any atom is -0.465 e. The molecule has 1 aromatic rings. The molecule has 1 saturated carbocycles. The van der Waals surface area contributed by atoms with Crippen LogP contribution in [0.1, 0.15) is 37.7 Å². The molecule has 0 aromatic heterocycles. The minimum absolute atomic E-state index is 0.0970. The second-order valence-corrected chi connectivity index (χ2v) is 7.91. The maximum absolute atomic E-state index is 12.4. The van der Waals surface area contributed by atoms with E-state index in [1.54, 1.807) is 0 Å². The number of fused-ring (bicyclic) bond motifs is 1. The highest BCUT2D eigenvalue weighted by atomic mass is 16.5. The van der Waals surface area contributed by atoms with Gasteiger partial charge in [-0.15, -0.1) is 0 Å². The molecule has 2 heterocycles. The van der Waals surface area contributed by atoms with Gasteiger partial charge in [-0.3, -0.25) is 4.79 Å². The van der Waals surface area contributed by atoms with Gasteiger partial charge in [0.1, 0.15) is 6.23 Å². The predicted octanol–water partition coefficient (Wildman–Crippen LogP) is 3.39. The van der Waals surface area contributed by atoms with Crippen LogP contribution in [0.3, 0.4) is 0 Å². The number of allylic oxidation sites excluding steroid dienone is 1. The van der Waals surface area contributed by atoms with Crippen LogP contribution in [-0.2, 0) is 20.7 Å². The number of amides is 2. The fourth-order valence-electron chi connectivity index (χ4n) is 4.50. The smallest absolute Gasteiger partial charge is 0.321 e. The van der Waals surface area contributed by atoms with Crippen molar-refractivity contribution in [3.8, 4) is 0 Å². The average molecular weight is 370 g/mol. The summed E-state index contributed by atoms with van der Waals surface area (Å²) in [5.74, 6) is 0.136. The number of cyclic esters (lactones) is 1. The van der Waals surface area contributed by atoms with Gasteiger partial charge in [-0.1, -0.05) is 24.3 Å². The lowest BCUT2D eigenvalue weighted by molar-refractivity contribution is -0.146. The Hall–Kier alpha value is -2.34. The molecule has 0 spiro atoms. The maximum atomic E-state index is 12.4. The largest absolute Gasteiger partial charge is 0.465 e. The third-order valence-corrected chi connectivity index (χ3v) is 5.91. The molecule has 0 radical (unpaired) electrons. The summed E-state index contributed by atoms with van der Waals surface area (Å²) in [7, 11) is 0. The highest BCUT2D eigenvalue weighted by molar-refractivity contribution is 5.89. The normalized spacial score (nSPS) is 29.9. The van der Waals surface area contributed by atoms with Gasteiger partial charge in [0.2, 0.25) is 0 Å². The van der Waals surface area contributed by atoms with E-state index in [-0.39, 0.29) is 24.1 Å². The fourth-order valence-corrected chi connectivity index (χ4v) is 4.50. The molecule has 2 saturated heterocycles. The molecular weight excluding hydrogens is 344 g/mol. The van der Waals surface area contributed by atoms with Crippen molar-refractivity contribution in [2.75, 3.05) is 18.5 Å². The van der Waals surface area contributed by atoms with Crippen molar-refractivity contribution < 1.29 is 19.1 Å². The lowest BCUT2D eigenvalue weighted by Crippen LogP contribution is -2.41. The van der Waals surface area contributed by atoms with Gasteiger partial charge < -0.3 is 20.1 Å². The van der Waals surface area contributed by atoms with Gasteiger partial charge in [-0.25, -0.2) is 4.79 Å². The zero-order valence-electron chi connectivity index (χ0n) is 15.5. The molecule has 6 nitrogen and oxygen atoms in total. The van der Waals surface area contributed by atoms with Crippen molar-refractivity contribution in [2.45, 2.75) is 44.8 Å². The van der Waals surface area contributed by atoms with Crippen molar-refractivity contribution in [1.29, 1.82) is 0 Å². The monoisotopic (exact) mass is 370 g/mol. The first-order chi connectivity index (χ1) is 13.0. The molecule has 4 rings (SSSR count). The Kier molecular flexibility index (Phi) is 4.91. The Morgan fingerprint density at radius 2 is 2.07 bits per heavy atom. The van der Waals surface area contributed by atoms with Crippen molar-refractivity contribution in [3.05, 3.63) is 42.0 Å². The predicted molar refractivity (Wildman–Crippen MR) is 101 cm³/mol. The minimum atomic E-state index is -0.457. The molecule has 144 valence electrons. The zero-order valence-corrected chi connectivity index (χ0v) is 15.5. The lowest BCUT2D eigenvalue weighted by atomic mass is 9.75. The van der Waals surface area contributed by atoms with Crippen molar-refractivity contribution in [2.24, 2.45) is 11.3 Å². The van der Waals surface area contributed by atoms with Gasteiger partial charge >= 0.3 is 12.0 Å². The number of hydrogen-bond acceptors (Lipinski definition) is 4. The number of hydrogen-bond donors (Lipinski definition) is 2. The van der Waals surface area contributed by atoms with E-state index >= 15 is 0 Å². The standard InChI is InChI=1S/C21H26N2O4/c1-14-10-16-13-27-19(24)21(16,11-14)12-15-5-7-17(8-6-15)22-20(25)23-18-4-2-3-9-26-18/h5-8,16,18H,1-4,9-13H2,(H2,22,23,25). The van der Waals surface area contributed by atoms with E-state index in [9.17, 15) is 9.59 Å². The van der Waals surface area contributed by atoms with Crippen LogP contribution >= 0.6 is 0 Å². The Morgan fingerprint density at radius 1 is 1.26 bits per heavy atom. The molecule has 3 atom stereocenters. The molecule has 3 fully saturated rings. The summed E-state index contributed by atoms with van der Waals surface area (Å²) < 4.78 is 10.9. The highest BCUT2D eigenvalue weighted by Gasteiger charge is 2.55. The summed E-state index contributed by atoms with van der Waals surface area (Å²) in [5.41, 5.74) is 2.46. The molecule has 2 amide bonds. The number of carbonyl (C=O) groups excluding carboxylic acids is 2. The Labute approximate surface area is 159 Å². The first-order valence-electron chi connectivity index (χ1n) is 9.67. The fraction of sp³-hybridized carbons (Fsp3) is 0.524. The summed E-state index contributed by atoms with van der Waals surface area (Å²) in [5, 5.41) is 5.67. The van der Waals surface area contributed by atoms with E-state index in [4.69, 9.17) is 9.47 Å². The number of rotatable bonds is 4. The summed E-state index contributed by atoms with van der Waals surface area (Å²) in [6.45, 7) is 5.27. The number of anilines is 1. The Morgan fingerprint density at radius 3 is 2.81 bits per heavy atom. The van der Waals surface area contributed by atoms with E-state index in [0.717, 1.165) is 36.8 Å². The summed E-state index contributed by atoms with van der Waals surface area (Å²) in [6.07, 6.45) is 4.98. The van der Waals surface area contributed by atoms with Crippen LogP contribution in [0, 0.1) is 11.3 Å². The van der Waals surface area contributed by atoms with Gasteiger partial charge in [-0.05, 0) is 56.2 Å². The van der Waals surface area contributed by atoms with Crippen molar-refractivity contribution in [3.63, 3.8) is 0 Å². The van der Waals surface area contributed by atoms with Crippen molar-refractivity contribution in [1.82, 2.24) is 5.32 Å². The van der Waals surface area contributed by atoms with Crippen LogP contribution in [0.25, 0.3) is 0 Å². The van der Waals surface area contributed by atoms with Crippen molar-refractivity contribution >= 4 is 17.7 Å². The van der Waals surface area contributed by atoms with E-state index in [1.165, 1.54) is 0 Å². The number of carbonyl (C=O) groups is 2. The average Bonchev–Trinajstić information content (AvgIpc) is 3.12. The Bertz CT molecular complexity index is 739. The quantitative estimate of drug-likeness (QED) is 0.629. The molecule has 27 heavy (non-hydrogen) atoms. The van der Waals surface area contributed by atoms with E-state index in [2.05, 4.69) is 17.2 Å². The number of esters is 1. The van der Waals surface area contributed by atoms with Gasteiger partial charge in [0, 0.05) is 18.2 Å². The van der Waals surface area contributed by atoms with E-state index < -0.39 is 5.41 Å². The topological polar surface area (TPSA) is 76.7 Å². The number of urea groups is 1. The van der Waals surface area contributed by atoms with Gasteiger partial charge in [0.05, 0.1) is 12.0 Å². The maximum Gasteiger partial charge on any atom is 0.321 e. The molecule has 3 aliphatic rings. The van der Waals surface area contributed by atoms with Crippen LogP contribution < -0.4 is 10.6 Å². The van der Waals surface area contributed by atoms with Gasteiger partial charge in [0.25, 0.3) is 0 Å². The van der Waals surface area contributed by atoms with Crippen LogP contribution in [0.5, 0.6) is 0 Å². The summed E-state index contributed by atoms with van der Waals surface area (Å²) >= 11 is 0. The summed E-state index contributed by atoms with van der Waals surface area (Å²) in [6, 6.07) is 7.40. The lowest BCUT2D eigenvalue weighted by Gasteiger charge is -2.24. The SMILES string of the molecule is C=C1CC2COC(=O)C2(Cc2ccc(NC(=O)NC3CCCCO3)cc2)C1. The second-order valence-electron chi connectivity index (χ2n) is 7.91. The molecule has 1 aromatic carbocycles. The molecule has 2 aliphatic heterocycles. The molecule has 0 bridgehead atoms. The Balaban J connectivity index is 1.37. The van der Waals surface area contributed by atoms with Crippen LogP contribution in [0.15, 0.2) is 36.4 Å². The van der Waals surface area contributed by atoms with Gasteiger partial charge in [0.15, 0.2) is 0 Å². The molecule has 3 unspecified atom stereocenters. The summed E-state index contributed by atoms with van der Waals surface area (Å²) in [4.78, 5) is 24.5. The third kappa shape index (κ3) is 3.72. The third-order valence-electron chi connectivity index (χ3n) is 5.91. The number of nitrogens with one attached hydrogen (secondary N) is 2. The van der Waals surface area contributed by atoms with E-state index in [1.807, 2.05) is 24.3 Å². The van der Waals surface area contributed by atoms with Crippen LogP contribution in [-0.4, -0.2) is 31.4 Å². The molecular formula is C21H26N2O4. The molecule has 2 N–H and O–H groups in total. The van der Waals surface area contributed by atoms with Crippen LogP contribution in [0.4, 0.5) is 10.5 Å². The zero-order chi connectivity index (χ0) is 18.9.